The number of aromatic nitrogens is 3. The lowest BCUT2D eigenvalue weighted by Crippen LogP contribution is -2.18. The van der Waals surface area contributed by atoms with Gasteiger partial charge in [0.05, 0.1) is 12.4 Å². The Morgan fingerprint density at radius 2 is 1.67 bits per heavy atom. The number of carbonyl (C=O) groups is 2. The number of ether oxygens (including phenoxy) is 1. The number of carbonyl (C=O) groups excluding carboxylic acids is 2. The van der Waals surface area contributed by atoms with Crippen molar-refractivity contribution < 1.29 is 14.3 Å². The molecule has 3 aromatic carbocycles. The third-order valence-electron chi connectivity index (χ3n) is 5.49. The molecular formula is C28H28N4O3S. The van der Waals surface area contributed by atoms with Gasteiger partial charge in [0, 0.05) is 23.4 Å². The van der Waals surface area contributed by atoms with Crippen molar-refractivity contribution in [1.29, 1.82) is 0 Å². The third kappa shape index (κ3) is 6.40. The molecule has 1 aromatic heterocycles. The van der Waals surface area contributed by atoms with E-state index in [0.29, 0.717) is 29.4 Å². The summed E-state index contributed by atoms with van der Waals surface area (Å²) in [4.78, 5) is 24.9. The van der Waals surface area contributed by atoms with Gasteiger partial charge in [0.15, 0.2) is 10.9 Å². The summed E-state index contributed by atoms with van der Waals surface area (Å²) in [7, 11) is 0. The normalized spacial score (nSPS) is 10.7. The molecule has 0 aliphatic rings. The minimum atomic E-state index is -0.369. The summed E-state index contributed by atoms with van der Waals surface area (Å²) >= 11 is 1.34. The predicted octanol–water partition coefficient (Wildman–Crippen LogP) is 5.12. The van der Waals surface area contributed by atoms with Crippen molar-refractivity contribution in [3.63, 3.8) is 0 Å². The highest BCUT2D eigenvalue weighted by atomic mass is 32.2. The Hall–Kier alpha value is -3.91. The maximum absolute atomic E-state index is 13.2. The van der Waals surface area contributed by atoms with Crippen molar-refractivity contribution in [2.75, 3.05) is 24.2 Å². The van der Waals surface area contributed by atoms with E-state index in [1.165, 1.54) is 11.8 Å². The molecular weight excluding hydrogens is 472 g/mol. The number of thioether (sulfide) groups is 1. The van der Waals surface area contributed by atoms with E-state index >= 15 is 0 Å². The summed E-state index contributed by atoms with van der Waals surface area (Å²) in [5, 5.41) is 12.5. The Morgan fingerprint density at radius 3 is 2.42 bits per heavy atom. The average Bonchev–Trinajstić information content (AvgIpc) is 3.29. The maximum atomic E-state index is 13.2. The molecule has 7 nitrogen and oxygen atoms in total. The summed E-state index contributed by atoms with van der Waals surface area (Å²) in [6.45, 7) is 4.11. The first-order chi connectivity index (χ1) is 17.5. The fourth-order valence-electron chi connectivity index (χ4n) is 3.71. The second-order valence-corrected chi connectivity index (χ2v) is 9.09. The van der Waals surface area contributed by atoms with E-state index in [0.717, 1.165) is 22.6 Å². The van der Waals surface area contributed by atoms with Crippen molar-refractivity contribution in [2.45, 2.75) is 25.4 Å². The molecule has 1 N–H and O–H groups in total. The number of aryl methyl sites for hydroxylation is 1. The van der Waals surface area contributed by atoms with Crippen LogP contribution in [0.4, 0.5) is 5.69 Å². The van der Waals surface area contributed by atoms with Gasteiger partial charge < -0.3 is 10.1 Å². The lowest BCUT2D eigenvalue weighted by molar-refractivity contribution is -0.140. The van der Waals surface area contributed by atoms with E-state index in [1.807, 2.05) is 60.0 Å². The van der Waals surface area contributed by atoms with E-state index in [9.17, 15) is 9.59 Å². The molecule has 0 amide bonds. The highest BCUT2D eigenvalue weighted by molar-refractivity contribution is 7.99. The lowest BCUT2D eigenvalue weighted by Gasteiger charge is -2.12. The second-order valence-electron chi connectivity index (χ2n) is 8.15. The van der Waals surface area contributed by atoms with E-state index in [1.54, 1.807) is 25.1 Å². The highest BCUT2D eigenvalue weighted by Crippen LogP contribution is 2.26. The zero-order valence-electron chi connectivity index (χ0n) is 20.3. The second kappa shape index (κ2) is 12.2. The van der Waals surface area contributed by atoms with Gasteiger partial charge in [0.25, 0.3) is 0 Å². The molecule has 0 unspecified atom stereocenters. The van der Waals surface area contributed by atoms with Crippen molar-refractivity contribution in [3.8, 4) is 5.69 Å². The Labute approximate surface area is 214 Å². The van der Waals surface area contributed by atoms with Gasteiger partial charge in [-0.15, -0.1) is 10.2 Å². The SMILES string of the molecule is CCOC(=O)CNc1ccccc1C(=O)CSc1nnc(Cc2ccccc2)n1-c1ccc(C)cc1. The number of para-hydroxylation sites is 1. The largest absolute Gasteiger partial charge is 0.465 e. The number of hydrogen-bond acceptors (Lipinski definition) is 7. The number of rotatable bonds is 11. The molecule has 0 aliphatic carbocycles. The Bertz CT molecular complexity index is 1320. The Kier molecular flexibility index (Phi) is 8.52. The number of hydrogen-bond donors (Lipinski definition) is 1. The van der Waals surface area contributed by atoms with Crippen LogP contribution in [0.5, 0.6) is 0 Å². The zero-order chi connectivity index (χ0) is 25.3. The number of Topliss-reactive ketones (excluding diaryl/α,β-unsaturated/α-hetero) is 1. The molecule has 4 rings (SSSR count). The summed E-state index contributed by atoms with van der Waals surface area (Å²) < 4.78 is 6.98. The maximum Gasteiger partial charge on any atom is 0.325 e. The summed E-state index contributed by atoms with van der Waals surface area (Å²) in [6.07, 6.45) is 0.622. The summed E-state index contributed by atoms with van der Waals surface area (Å²) in [6, 6.07) is 25.4. The van der Waals surface area contributed by atoms with Gasteiger partial charge in [-0.2, -0.15) is 0 Å². The van der Waals surface area contributed by atoms with Crippen LogP contribution in [0, 0.1) is 6.92 Å². The van der Waals surface area contributed by atoms with E-state index in [4.69, 9.17) is 4.74 Å². The van der Waals surface area contributed by atoms with Crippen LogP contribution in [0.2, 0.25) is 0 Å². The molecule has 1 heterocycles. The van der Waals surface area contributed by atoms with Crippen LogP contribution >= 0.6 is 11.8 Å². The molecule has 0 saturated carbocycles. The molecule has 0 aliphatic heterocycles. The van der Waals surface area contributed by atoms with Gasteiger partial charge in [-0.25, -0.2) is 0 Å². The molecule has 8 heteroatoms. The van der Waals surface area contributed by atoms with Crippen molar-refractivity contribution in [1.82, 2.24) is 14.8 Å². The van der Waals surface area contributed by atoms with Gasteiger partial charge in [0.2, 0.25) is 0 Å². The molecule has 0 radical (unpaired) electrons. The molecule has 184 valence electrons. The summed E-state index contributed by atoms with van der Waals surface area (Å²) in [5.74, 6) is 0.533. The predicted molar refractivity (Wildman–Crippen MR) is 142 cm³/mol. The Balaban J connectivity index is 1.54. The van der Waals surface area contributed by atoms with E-state index in [-0.39, 0.29) is 24.1 Å². The van der Waals surface area contributed by atoms with Crippen LogP contribution in [0.1, 0.15) is 34.2 Å². The number of nitrogens with one attached hydrogen (secondary N) is 1. The monoisotopic (exact) mass is 500 g/mol. The number of anilines is 1. The minimum absolute atomic E-state index is 0.00410. The van der Waals surface area contributed by atoms with Crippen LogP contribution in [0.15, 0.2) is 84.0 Å². The number of benzene rings is 3. The highest BCUT2D eigenvalue weighted by Gasteiger charge is 2.18. The van der Waals surface area contributed by atoms with Crippen LogP contribution in [-0.4, -0.2) is 45.4 Å². The number of ketones is 1. The first-order valence-electron chi connectivity index (χ1n) is 11.7. The summed E-state index contributed by atoms with van der Waals surface area (Å²) in [5.41, 5.74) is 4.35. The van der Waals surface area contributed by atoms with Crippen molar-refractivity contribution in [3.05, 3.63) is 101 Å². The van der Waals surface area contributed by atoms with Gasteiger partial charge in [-0.05, 0) is 43.7 Å². The molecule has 0 fully saturated rings. The zero-order valence-corrected chi connectivity index (χ0v) is 21.1. The molecule has 0 saturated heterocycles. The van der Waals surface area contributed by atoms with Gasteiger partial charge in [-0.1, -0.05) is 71.9 Å². The van der Waals surface area contributed by atoms with Crippen LogP contribution in [0.25, 0.3) is 5.69 Å². The minimum Gasteiger partial charge on any atom is -0.465 e. The van der Waals surface area contributed by atoms with Gasteiger partial charge in [0.1, 0.15) is 12.4 Å². The molecule has 36 heavy (non-hydrogen) atoms. The average molecular weight is 501 g/mol. The first kappa shape index (κ1) is 25.2. The third-order valence-corrected chi connectivity index (χ3v) is 6.41. The lowest BCUT2D eigenvalue weighted by atomic mass is 10.1. The molecule has 0 atom stereocenters. The standard InChI is InChI=1S/C28H28N4O3S/c1-3-35-27(34)18-29-24-12-8-7-11-23(24)25(33)19-36-28-31-30-26(17-21-9-5-4-6-10-21)32(28)22-15-13-20(2)14-16-22/h4-16,29H,3,17-19H2,1-2H3. The number of nitrogens with zero attached hydrogens (tertiary/aromatic N) is 3. The fourth-order valence-corrected chi connectivity index (χ4v) is 4.56. The van der Waals surface area contributed by atoms with Crippen LogP contribution in [0.3, 0.4) is 0 Å². The fraction of sp³-hybridized carbons (Fsp3) is 0.214. The van der Waals surface area contributed by atoms with Crippen molar-refractivity contribution in [2.24, 2.45) is 0 Å². The van der Waals surface area contributed by atoms with Gasteiger partial charge >= 0.3 is 5.97 Å². The van der Waals surface area contributed by atoms with E-state index in [2.05, 4.69) is 27.6 Å². The number of esters is 1. The smallest absolute Gasteiger partial charge is 0.325 e. The topological polar surface area (TPSA) is 86.1 Å². The Morgan fingerprint density at radius 1 is 0.944 bits per heavy atom. The molecule has 0 spiro atoms. The first-order valence-corrected chi connectivity index (χ1v) is 12.7. The molecule has 4 aromatic rings. The van der Waals surface area contributed by atoms with Crippen LogP contribution in [-0.2, 0) is 16.0 Å². The van der Waals surface area contributed by atoms with E-state index < -0.39 is 0 Å². The van der Waals surface area contributed by atoms with Crippen molar-refractivity contribution >= 4 is 29.2 Å². The molecule has 0 bridgehead atoms. The van der Waals surface area contributed by atoms with Gasteiger partial charge in [-0.3, -0.25) is 14.2 Å². The van der Waals surface area contributed by atoms with Crippen LogP contribution < -0.4 is 5.32 Å². The quantitative estimate of drug-likeness (QED) is 0.174.